The molecule has 1 aromatic carbocycles. The zero-order valence-corrected chi connectivity index (χ0v) is 16.5. The van der Waals surface area contributed by atoms with Gasteiger partial charge in [0.05, 0.1) is 30.6 Å². The topological polar surface area (TPSA) is 51.3 Å². The summed E-state index contributed by atoms with van der Waals surface area (Å²) in [5, 5.41) is 4.71. The van der Waals surface area contributed by atoms with E-state index in [9.17, 15) is 4.79 Å². The van der Waals surface area contributed by atoms with E-state index in [2.05, 4.69) is 0 Å². The van der Waals surface area contributed by atoms with E-state index < -0.39 is 0 Å². The second-order valence-electron chi connectivity index (χ2n) is 6.79. The molecular weight excluding hydrogens is 358 g/mol. The fourth-order valence-corrected chi connectivity index (χ4v) is 4.38. The first kappa shape index (κ1) is 17.9. The highest BCUT2D eigenvalue weighted by Crippen LogP contribution is 2.28. The molecule has 27 heavy (non-hydrogen) atoms. The zero-order chi connectivity index (χ0) is 18.8. The monoisotopic (exact) mass is 381 g/mol. The summed E-state index contributed by atoms with van der Waals surface area (Å²) in [6.45, 7) is 0.922. The van der Waals surface area contributed by atoms with Gasteiger partial charge in [0, 0.05) is 17.6 Å². The van der Waals surface area contributed by atoms with Crippen LogP contribution in [0, 0.1) is 0 Å². The summed E-state index contributed by atoms with van der Waals surface area (Å²) in [6.07, 6.45) is 6.92. The van der Waals surface area contributed by atoms with Crippen molar-refractivity contribution >= 4 is 17.7 Å². The van der Waals surface area contributed by atoms with Gasteiger partial charge in [-0.3, -0.25) is 9.48 Å². The van der Waals surface area contributed by atoms with Gasteiger partial charge >= 0.3 is 0 Å². The second kappa shape index (κ2) is 7.64. The molecular formula is C21H23N3O2S. The van der Waals surface area contributed by atoms with Crippen LogP contribution in [0.2, 0.25) is 0 Å². The molecule has 0 spiro atoms. The van der Waals surface area contributed by atoms with E-state index in [1.807, 2.05) is 59.3 Å². The van der Waals surface area contributed by atoms with Gasteiger partial charge in [0.15, 0.2) is 0 Å². The van der Waals surface area contributed by atoms with E-state index in [0.29, 0.717) is 13.1 Å². The third-order valence-electron chi connectivity index (χ3n) is 5.09. The van der Waals surface area contributed by atoms with Crippen molar-refractivity contribution in [3.63, 3.8) is 0 Å². The van der Waals surface area contributed by atoms with Crippen LogP contribution in [0.15, 0.2) is 52.0 Å². The van der Waals surface area contributed by atoms with Gasteiger partial charge in [-0.2, -0.15) is 5.10 Å². The van der Waals surface area contributed by atoms with Gasteiger partial charge in [0.1, 0.15) is 5.76 Å². The molecule has 0 saturated carbocycles. The predicted octanol–water partition coefficient (Wildman–Crippen LogP) is 4.07. The van der Waals surface area contributed by atoms with Crippen LogP contribution in [0.4, 0.5) is 0 Å². The number of amides is 1. The van der Waals surface area contributed by atoms with Crippen LogP contribution >= 0.6 is 11.8 Å². The van der Waals surface area contributed by atoms with Crippen LogP contribution < -0.4 is 0 Å². The number of fused-ring (bicyclic) bond motifs is 1. The molecule has 3 aromatic rings. The third kappa shape index (κ3) is 3.54. The maximum Gasteiger partial charge on any atom is 0.255 e. The number of rotatable bonds is 6. The largest absolute Gasteiger partial charge is 0.467 e. The van der Waals surface area contributed by atoms with Crippen molar-refractivity contribution in [2.24, 2.45) is 7.05 Å². The summed E-state index contributed by atoms with van der Waals surface area (Å²) >= 11 is 1.59. The number of hydrogen-bond acceptors (Lipinski definition) is 4. The van der Waals surface area contributed by atoms with Gasteiger partial charge in [-0.25, -0.2) is 0 Å². The molecule has 5 nitrogen and oxygen atoms in total. The van der Waals surface area contributed by atoms with Crippen molar-refractivity contribution in [3.8, 4) is 0 Å². The number of aryl methyl sites for hydroxylation is 1. The average molecular weight is 382 g/mol. The van der Waals surface area contributed by atoms with Crippen molar-refractivity contribution in [1.82, 2.24) is 14.7 Å². The second-order valence-corrected chi connectivity index (χ2v) is 7.64. The molecule has 1 aliphatic rings. The minimum atomic E-state index is 0.00810. The van der Waals surface area contributed by atoms with Gasteiger partial charge in [-0.1, -0.05) is 12.1 Å². The lowest BCUT2D eigenvalue weighted by Gasteiger charge is -2.22. The average Bonchev–Trinajstić information content (AvgIpc) is 3.42. The minimum Gasteiger partial charge on any atom is -0.467 e. The first-order valence-corrected chi connectivity index (χ1v) is 10.4. The maximum absolute atomic E-state index is 13.4. The SMILES string of the molecule is CSc1ccccc1C(=O)N(Cc1ccco1)Cc1nn(C)c2c1CCC2. The molecule has 1 aliphatic carbocycles. The van der Waals surface area contributed by atoms with E-state index in [0.717, 1.165) is 41.2 Å². The summed E-state index contributed by atoms with van der Waals surface area (Å²) in [6, 6.07) is 11.5. The highest BCUT2D eigenvalue weighted by Gasteiger charge is 2.26. The Morgan fingerprint density at radius 3 is 2.85 bits per heavy atom. The first-order chi connectivity index (χ1) is 13.2. The quantitative estimate of drug-likeness (QED) is 0.604. The molecule has 0 atom stereocenters. The Balaban J connectivity index is 1.67. The van der Waals surface area contributed by atoms with Gasteiger partial charge in [-0.05, 0) is 55.3 Å². The molecule has 0 aliphatic heterocycles. The number of carbonyl (C=O) groups excluding carboxylic acids is 1. The summed E-state index contributed by atoms with van der Waals surface area (Å²) < 4.78 is 7.49. The van der Waals surface area contributed by atoms with Crippen LogP contribution in [0.25, 0.3) is 0 Å². The van der Waals surface area contributed by atoms with Crippen molar-refractivity contribution in [1.29, 1.82) is 0 Å². The normalized spacial score (nSPS) is 13.0. The summed E-state index contributed by atoms with van der Waals surface area (Å²) in [7, 11) is 2.00. The number of aromatic nitrogens is 2. The molecule has 0 N–H and O–H groups in total. The lowest BCUT2D eigenvalue weighted by molar-refractivity contribution is 0.0711. The number of hydrogen-bond donors (Lipinski definition) is 0. The van der Waals surface area contributed by atoms with E-state index >= 15 is 0 Å². The predicted molar refractivity (Wildman–Crippen MR) is 106 cm³/mol. The summed E-state index contributed by atoms with van der Waals surface area (Å²) in [4.78, 5) is 16.2. The van der Waals surface area contributed by atoms with Crippen molar-refractivity contribution in [3.05, 3.63) is 70.9 Å². The highest BCUT2D eigenvalue weighted by atomic mass is 32.2. The first-order valence-electron chi connectivity index (χ1n) is 9.15. The van der Waals surface area contributed by atoms with E-state index in [1.165, 1.54) is 11.3 Å². The Morgan fingerprint density at radius 1 is 1.22 bits per heavy atom. The van der Waals surface area contributed by atoms with Crippen molar-refractivity contribution < 1.29 is 9.21 Å². The molecule has 0 fully saturated rings. The number of nitrogens with zero attached hydrogens (tertiary/aromatic N) is 3. The lowest BCUT2D eigenvalue weighted by Crippen LogP contribution is -2.31. The van der Waals surface area contributed by atoms with E-state index in [4.69, 9.17) is 9.52 Å². The Hall–Kier alpha value is -2.47. The standard InChI is InChI=1S/C21H23N3O2S/c1-23-19-10-5-9-16(19)18(22-23)14-24(13-15-7-6-12-26-15)21(25)17-8-3-4-11-20(17)27-2/h3-4,6-8,11-12H,5,9-10,13-14H2,1-2H3. The van der Waals surface area contributed by atoms with Crippen molar-refractivity contribution in [2.45, 2.75) is 37.2 Å². The number of thioether (sulfide) groups is 1. The number of furan rings is 1. The third-order valence-corrected chi connectivity index (χ3v) is 5.89. The molecule has 140 valence electrons. The van der Waals surface area contributed by atoms with Crippen molar-refractivity contribution in [2.75, 3.05) is 6.26 Å². The lowest BCUT2D eigenvalue weighted by atomic mass is 10.1. The van der Waals surface area contributed by atoms with Gasteiger partial charge in [0.25, 0.3) is 5.91 Å². The van der Waals surface area contributed by atoms with Crippen LogP contribution in [-0.2, 0) is 33.0 Å². The smallest absolute Gasteiger partial charge is 0.255 e. The molecule has 2 heterocycles. The highest BCUT2D eigenvalue weighted by molar-refractivity contribution is 7.98. The van der Waals surface area contributed by atoms with E-state index in [1.54, 1.807) is 18.0 Å². The molecule has 0 unspecified atom stereocenters. The molecule has 1 amide bonds. The molecule has 6 heteroatoms. The van der Waals surface area contributed by atoms with Gasteiger partial charge in [0.2, 0.25) is 0 Å². The molecule has 0 bridgehead atoms. The minimum absolute atomic E-state index is 0.00810. The molecule has 0 radical (unpaired) electrons. The summed E-state index contributed by atoms with van der Waals surface area (Å²) in [5.74, 6) is 0.784. The molecule has 4 rings (SSSR count). The Labute approximate surface area is 163 Å². The zero-order valence-electron chi connectivity index (χ0n) is 15.6. The maximum atomic E-state index is 13.4. The van der Waals surface area contributed by atoms with Crippen LogP contribution in [0.1, 0.15) is 39.5 Å². The molecule has 2 aromatic heterocycles. The van der Waals surface area contributed by atoms with Gasteiger partial charge < -0.3 is 9.32 Å². The summed E-state index contributed by atoms with van der Waals surface area (Å²) in [5.41, 5.74) is 4.35. The van der Waals surface area contributed by atoms with E-state index in [-0.39, 0.29) is 5.91 Å². The van der Waals surface area contributed by atoms with Gasteiger partial charge in [-0.15, -0.1) is 11.8 Å². The van der Waals surface area contributed by atoms with Crippen LogP contribution in [-0.4, -0.2) is 26.8 Å². The number of carbonyl (C=O) groups is 1. The Morgan fingerprint density at radius 2 is 2.07 bits per heavy atom. The fraction of sp³-hybridized carbons (Fsp3) is 0.333. The molecule has 0 saturated heterocycles. The van der Waals surface area contributed by atoms with Crippen LogP contribution in [0.3, 0.4) is 0 Å². The number of benzene rings is 1. The Kier molecular flexibility index (Phi) is 5.07. The Bertz CT molecular complexity index is 946. The fourth-order valence-electron chi connectivity index (χ4n) is 3.79. The van der Waals surface area contributed by atoms with Crippen LogP contribution in [0.5, 0.6) is 0 Å².